The number of nitrogens with zero attached hydrogens (tertiary/aromatic N) is 4. The maximum Gasteiger partial charge on any atom is 0.313 e. The Bertz CT molecular complexity index is 410. The van der Waals surface area contributed by atoms with Crippen LogP contribution in [0.3, 0.4) is 0 Å². The van der Waals surface area contributed by atoms with E-state index in [1.165, 1.54) is 18.2 Å². The molecule has 2 heterocycles. The van der Waals surface area contributed by atoms with Crippen molar-refractivity contribution >= 4 is 17.7 Å². The van der Waals surface area contributed by atoms with Crippen molar-refractivity contribution in [3.05, 3.63) is 6.33 Å². The van der Waals surface area contributed by atoms with E-state index in [1.807, 2.05) is 4.57 Å². The van der Waals surface area contributed by atoms with Crippen LogP contribution in [0.25, 0.3) is 0 Å². The van der Waals surface area contributed by atoms with Gasteiger partial charge in [0.05, 0.1) is 5.75 Å². The van der Waals surface area contributed by atoms with E-state index in [4.69, 9.17) is 5.11 Å². The minimum absolute atomic E-state index is 0.0322. The molecule has 1 aromatic rings. The Kier molecular flexibility index (Phi) is 4.60. The predicted octanol–water partition coefficient (Wildman–Crippen LogP) is 0.797. The molecule has 1 fully saturated rings. The topological polar surface area (TPSA) is 71.2 Å². The van der Waals surface area contributed by atoms with Crippen molar-refractivity contribution in [2.45, 2.75) is 25.0 Å². The van der Waals surface area contributed by atoms with Crippen LogP contribution in [-0.4, -0.2) is 56.1 Å². The first kappa shape index (κ1) is 13.4. The fourth-order valence-corrected chi connectivity index (χ4v) is 2.88. The Morgan fingerprint density at radius 2 is 2.50 bits per heavy atom. The lowest BCUT2D eigenvalue weighted by molar-refractivity contribution is -0.133. The average molecular weight is 270 g/mol. The fraction of sp³-hybridized carbons (Fsp3) is 0.727. The summed E-state index contributed by atoms with van der Waals surface area (Å²) in [6.45, 7) is 6.42. The number of carbonyl (C=O) groups is 1. The number of likely N-dealkylation sites (tertiary alicyclic amines) is 1. The molecule has 1 aliphatic rings. The second kappa shape index (κ2) is 6.19. The van der Waals surface area contributed by atoms with Gasteiger partial charge in [-0.15, -0.1) is 10.2 Å². The van der Waals surface area contributed by atoms with Crippen molar-refractivity contribution < 1.29 is 9.90 Å². The molecule has 0 bridgehead atoms. The molecular weight excluding hydrogens is 252 g/mol. The standard InChI is InChI=1S/C11H18N4O2S/c1-2-14-4-3-9(5-14)6-15-8-12-13-11(15)18-7-10(16)17/h8-9H,2-7H2,1H3,(H,16,17). The summed E-state index contributed by atoms with van der Waals surface area (Å²) in [5.41, 5.74) is 0. The van der Waals surface area contributed by atoms with Gasteiger partial charge >= 0.3 is 5.97 Å². The molecule has 7 heteroatoms. The summed E-state index contributed by atoms with van der Waals surface area (Å²) in [7, 11) is 0. The highest BCUT2D eigenvalue weighted by molar-refractivity contribution is 7.99. The zero-order valence-electron chi connectivity index (χ0n) is 10.4. The van der Waals surface area contributed by atoms with Crippen LogP contribution >= 0.6 is 11.8 Å². The van der Waals surface area contributed by atoms with Gasteiger partial charge in [0, 0.05) is 13.1 Å². The van der Waals surface area contributed by atoms with Crippen molar-refractivity contribution in [1.29, 1.82) is 0 Å². The van der Waals surface area contributed by atoms with E-state index in [-0.39, 0.29) is 5.75 Å². The SMILES string of the molecule is CCN1CCC(Cn2cnnc2SCC(=O)O)C1. The number of rotatable bonds is 6. The summed E-state index contributed by atoms with van der Waals surface area (Å²) in [6.07, 6.45) is 2.88. The van der Waals surface area contributed by atoms with Crippen LogP contribution < -0.4 is 0 Å². The number of hydrogen-bond acceptors (Lipinski definition) is 5. The van der Waals surface area contributed by atoms with Crippen molar-refractivity contribution in [1.82, 2.24) is 19.7 Å². The molecule has 1 unspecified atom stereocenters. The summed E-state index contributed by atoms with van der Waals surface area (Å²) in [5, 5.41) is 17.2. The van der Waals surface area contributed by atoms with Gasteiger partial charge in [0.2, 0.25) is 0 Å². The molecular formula is C11H18N4O2S. The lowest BCUT2D eigenvalue weighted by atomic mass is 10.1. The molecule has 0 saturated carbocycles. The summed E-state index contributed by atoms with van der Waals surface area (Å²) < 4.78 is 1.97. The highest BCUT2D eigenvalue weighted by Gasteiger charge is 2.22. The second-order valence-electron chi connectivity index (χ2n) is 4.50. The van der Waals surface area contributed by atoms with E-state index in [2.05, 4.69) is 22.0 Å². The first-order valence-corrected chi connectivity index (χ1v) is 7.12. The van der Waals surface area contributed by atoms with Gasteiger partial charge in [0.15, 0.2) is 5.16 Å². The van der Waals surface area contributed by atoms with Gasteiger partial charge in [-0.3, -0.25) is 4.79 Å². The molecule has 1 saturated heterocycles. The Hall–Kier alpha value is -1.08. The van der Waals surface area contributed by atoms with Crippen molar-refractivity contribution in [3.8, 4) is 0 Å². The Morgan fingerprint density at radius 3 is 3.17 bits per heavy atom. The minimum atomic E-state index is -0.826. The summed E-state index contributed by atoms with van der Waals surface area (Å²) in [5.74, 6) is -0.178. The second-order valence-corrected chi connectivity index (χ2v) is 5.44. The van der Waals surface area contributed by atoms with Crippen LogP contribution in [0, 0.1) is 5.92 Å². The van der Waals surface area contributed by atoms with Crippen molar-refractivity contribution in [2.75, 3.05) is 25.4 Å². The number of aliphatic carboxylic acids is 1. The summed E-state index contributed by atoms with van der Waals surface area (Å²) in [4.78, 5) is 13.0. The van der Waals surface area contributed by atoms with E-state index in [0.717, 1.165) is 26.2 Å². The van der Waals surface area contributed by atoms with Gasteiger partial charge in [-0.1, -0.05) is 18.7 Å². The Labute approximate surface area is 110 Å². The molecule has 0 amide bonds. The molecule has 1 aliphatic heterocycles. The van der Waals surface area contributed by atoms with Gasteiger partial charge in [-0.05, 0) is 25.4 Å². The zero-order valence-corrected chi connectivity index (χ0v) is 11.3. The van der Waals surface area contributed by atoms with E-state index < -0.39 is 5.97 Å². The molecule has 18 heavy (non-hydrogen) atoms. The third kappa shape index (κ3) is 3.46. The van der Waals surface area contributed by atoms with Crippen LogP contribution in [0.5, 0.6) is 0 Å². The molecule has 6 nitrogen and oxygen atoms in total. The highest BCUT2D eigenvalue weighted by atomic mass is 32.2. The predicted molar refractivity (Wildman–Crippen MR) is 68.6 cm³/mol. The highest BCUT2D eigenvalue weighted by Crippen LogP contribution is 2.21. The van der Waals surface area contributed by atoms with E-state index in [0.29, 0.717) is 11.1 Å². The van der Waals surface area contributed by atoms with Gasteiger partial charge in [-0.2, -0.15) is 0 Å². The average Bonchev–Trinajstić information content (AvgIpc) is 2.96. The Morgan fingerprint density at radius 1 is 1.67 bits per heavy atom. The van der Waals surface area contributed by atoms with Crippen LogP contribution in [0.15, 0.2) is 11.5 Å². The summed E-state index contributed by atoms with van der Waals surface area (Å²) >= 11 is 1.23. The molecule has 1 aromatic heterocycles. The van der Waals surface area contributed by atoms with Gasteiger partial charge in [0.1, 0.15) is 6.33 Å². The van der Waals surface area contributed by atoms with Crippen LogP contribution in [-0.2, 0) is 11.3 Å². The van der Waals surface area contributed by atoms with Gasteiger partial charge in [0.25, 0.3) is 0 Å². The van der Waals surface area contributed by atoms with Gasteiger partial charge in [-0.25, -0.2) is 0 Å². The molecule has 2 rings (SSSR count). The molecule has 0 radical (unpaired) electrons. The normalized spacial score (nSPS) is 20.4. The number of hydrogen-bond donors (Lipinski definition) is 1. The molecule has 0 aromatic carbocycles. The largest absolute Gasteiger partial charge is 0.481 e. The maximum atomic E-state index is 10.5. The Balaban J connectivity index is 1.89. The zero-order chi connectivity index (χ0) is 13.0. The first-order valence-electron chi connectivity index (χ1n) is 6.13. The third-order valence-corrected chi connectivity index (χ3v) is 4.14. The quantitative estimate of drug-likeness (QED) is 0.771. The smallest absolute Gasteiger partial charge is 0.313 e. The van der Waals surface area contributed by atoms with Gasteiger partial charge < -0.3 is 14.6 Å². The minimum Gasteiger partial charge on any atom is -0.481 e. The van der Waals surface area contributed by atoms with E-state index >= 15 is 0 Å². The monoisotopic (exact) mass is 270 g/mol. The first-order chi connectivity index (χ1) is 8.69. The van der Waals surface area contributed by atoms with Crippen molar-refractivity contribution in [2.24, 2.45) is 5.92 Å². The molecule has 1 N–H and O–H groups in total. The lowest BCUT2D eigenvalue weighted by Crippen LogP contribution is -2.21. The molecule has 0 aliphatic carbocycles. The van der Waals surface area contributed by atoms with Crippen LogP contribution in [0.4, 0.5) is 0 Å². The number of aromatic nitrogens is 3. The maximum absolute atomic E-state index is 10.5. The lowest BCUT2D eigenvalue weighted by Gasteiger charge is -2.14. The molecule has 0 spiro atoms. The van der Waals surface area contributed by atoms with Crippen molar-refractivity contribution in [3.63, 3.8) is 0 Å². The van der Waals surface area contributed by atoms with Crippen LogP contribution in [0.2, 0.25) is 0 Å². The fourth-order valence-electron chi connectivity index (χ4n) is 2.23. The van der Waals surface area contributed by atoms with Crippen LogP contribution in [0.1, 0.15) is 13.3 Å². The number of carboxylic acid groups (broad SMARTS) is 1. The van der Waals surface area contributed by atoms with E-state index in [1.54, 1.807) is 6.33 Å². The van der Waals surface area contributed by atoms with E-state index in [9.17, 15) is 4.79 Å². The summed E-state index contributed by atoms with van der Waals surface area (Å²) in [6, 6.07) is 0. The molecule has 100 valence electrons. The number of carboxylic acids is 1. The number of thioether (sulfide) groups is 1. The third-order valence-electron chi connectivity index (χ3n) is 3.18. The molecule has 1 atom stereocenters.